The number of halogens is 3. The summed E-state index contributed by atoms with van der Waals surface area (Å²) in [4.78, 5) is 10.4. The largest absolute Gasteiger partial charge is 0.347 e. The van der Waals surface area contributed by atoms with Crippen LogP contribution in [-0.4, -0.2) is 4.92 Å². The minimum atomic E-state index is -0.651. The number of nitrogens with one attached hydrogen (secondary N) is 1. The summed E-state index contributed by atoms with van der Waals surface area (Å²) in [7, 11) is 0. The maximum atomic E-state index is 13.7. The van der Waals surface area contributed by atoms with Crippen LogP contribution in [0.2, 0.25) is 5.02 Å². The standard InChI is InChI=1S/C12H7BrClFN2O2/c13-7-4-5-9(11(6-7)17(18)19)16-10-3-1-2-8(14)12(10)15/h1-6,16H. The van der Waals surface area contributed by atoms with Gasteiger partial charge in [0.05, 0.1) is 15.6 Å². The van der Waals surface area contributed by atoms with Crippen molar-refractivity contribution in [3.8, 4) is 0 Å². The third-order valence-corrected chi connectivity index (χ3v) is 3.16. The first kappa shape index (κ1) is 13.8. The van der Waals surface area contributed by atoms with Crippen LogP contribution < -0.4 is 5.32 Å². The van der Waals surface area contributed by atoms with E-state index in [1.165, 1.54) is 24.3 Å². The molecule has 19 heavy (non-hydrogen) atoms. The highest BCUT2D eigenvalue weighted by Crippen LogP contribution is 2.32. The third kappa shape index (κ3) is 3.02. The van der Waals surface area contributed by atoms with E-state index in [0.717, 1.165) is 0 Å². The van der Waals surface area contributed by atoms with Crippen molar-refractivity contribution in [2.45, 2.75) is 0 Å². The van der Waals surface area contributed by atoms with E-state index in [0.29, 0.717) is 4.47 Å². The summed E-state index contributed by atoms with van der Waals surface area (Å²) in [5, 5.41) is 13.6. The van der Waals surface area contributed by atoms with Crippen LogP contribution in [0.25, 0.3) is 0 Å². The van der Waals surface area contributed by atoms with Gasteiger partial charge in [0.25, 0.3) is 5.69 Å². The van der Waals surface area contributed by atoms with E-state index in [1.54, 1.807) is 12.1 Å². The Morgan fingerprint density at radius 1 is 1.26 bits per heavy atom. The second-order valence-corrected chi connectivity index (χ2v) is 4.97. The molecule has 0 amide bonds. The molecule has 0 aliphatic carbocycles. The van der Waals surface area contributed by atoms with Crippen LogP contribution >= 0.6 is 27.5 Å². The molecule has 0 atom stereocenters. The fraction of sp³-hybridized carbons (Fsp3) is 0. The Hall–Kier alpha value is -1.66. The minimum absolute atomic E-state index is 0.0511. The molecule has 0 heterocycles. The van der Waals surface area contributed by atoms with Crippen LogP contribution in [0.1, 0.15) is 0 Å². The van der Waals surface area contributed by atoms with Gasteiger partial charge in [0.15, 0.2) is 5.82 Å². The summed E-state index contributed by atoms with van der Waals surface area (Å²) < 4.78 is 14.3. The second-order valence-electron chi connectivity index (χ2n) is 3.64. The van der Waals surface area contributed by atoms with Gasteiger partial charge < -0.3 is 5.32 Å². The van der Waals surface area contributed by atoms with Crippen molar-refractivity contribution in [3.63, 3.8) is 0 Å². The SMILES string of the molecule is O=[N+]([O-])c1cc(Br)ccc1Nc1cccc(Cl)c1F. The maximum Gasteiger partial charge on any atom is 0.293 e. The van der Waals surface area contributed by atoms with Crippen LogP contribution in [0.15, 0.2) is 40.9 Å². The summed E-state index contributed by atoms with van der Waals surface area (Å²) in [5.41, 5.74) is 0.112. The number of rotatable bonds is 3. The molecule has 2 rings (SSSR count). The highest BCUT2D eigenvalue weighted by atomic mass is 79.9. The Kier molecular flexibility index (Phi) is 4.01. The average molecular weight is 346 g/mol. The Balaban J connectivity index is 2.44. The molecule has 0 fully saturated rings. The molecule has 0 spiro atoms. The van der Waals surface area contributed by atoms with E-state index in [-0.39, 0.29) is 22.1 Å². The topological polar surface area (TPSA) is 55.2 Å². The van der Waals surface area contributed by atoms with Crippen molar-refractivity contribution in [3.05, 3.63) is 61.8 Å². The predicted octanol–water partition coefficient (Wildman–Crippen LogP) is 4.89. The number of hydrogen-bond donors (Lipinski definition) is 1. The van der Waals surface area contributed by atoms with Gasteiger partial charge in [-0.1, -0.05) is 33.6 Å². The molecule has 0 aromatic heterocycles. The minimum Gasteiger partial charge on any atom is -0.347 e. The molecule has 1 N–H and O–H groups in total. The first-order valence-electron chi connectivity index (χ1n) is 5.14. The van der Waals surface area contributed by atoms with Gasteiger partial charge in [-0.15, -0.1) is 0 Å². The lowest BCUT2D eigenvalue weighted by atomic mass is 10.2. The molecule has 0 unspecified atom stereocenters. The monoisotopic (exact) mass is 344 g/mol. The Morgan fingerprint density at radius 3 is 2.68 bits per heavy atom. The first-order chi connectivity index (χ1) is 8.99. The summed E-state index contributed by atoms with van der Waals surface area (Å²) in [6.07, 6.45) is 0. The fourth-order valence-electron chi connectivity index (χ4n) is 1.51. The maximum absolute atomic E-state index is 13.7. The van der Waals surface area contributed by atoms with E-state index < -0.39 is 10.7 Å². The van der Waals surface area contributed by atoms with Crippen molar-refractivity contribution >= 4 is 44.6 Å². The van der Waals surface area contributed by atoms with Gasteiger partial charge in [-0.2, -0.15) is 0 Å². The molecular formula is C12H7BrClFN2O2. The Bertz CT molecular complexity index is 652. The molecule has 2 aromatic rings. The highest BCUT2D eigenvalue weighted by molar-refractivity contribution is 9.10. The van der Waals surface area contributed by atoms with Gasteiger partial charge in [-0.05, 0) is 24.3 Å². The lowest BCUT2D eigenvalue weighted by Crippen LogP contribution is -1.99. The second kappa shape index (κ2) is 5.54. The van der Waals surface area contributed by atoms with Crippen LogP contribution in [0.5, 0.6) is 0 Å². The smallest absolute Gasteiger partial charge is 0.293 e. The van der Waals surface area contributed by atoms with Gasteiger partial charge in [0.1, 0.15) is 5.69 Å². The summed E-state index contributed by atoms with van der Waals surface area (Å²) in [6, 6.07) is 8.86. The lowest BCUT2D eigenvalue weighted by Gasteiger charge is -2.09. The van der Waals surface area contributed by atoms with Crippen molar-refractivity contribution in [1.29, 1.82) is 0 Å². The van der Waals surface area contributed by atoms with Gasteiger partial charge in [-0.3, -0.25) is 10.1 Å². The van der Waals surface area contributed by atoms with Gasteiger partial charge >= 0.3 is 0 Å². The predicted molar refractivity (Wildman–Crippen MR) is 75.5 cm³/mol. The number of nitro benzene ring substituents is 1. The van der Waals surface area contributed by atoms with E-state index in [9.17, 15) is 14.5 Å². The van der Waals surface area contributed by atoms with Crippen LogP contribution in [0.4, 0.5) is 21.5 Å². The normalized spacial score (nSPS) is 10.3. The van der Waals surface area contributed by atoms with Crippen molar-refractivity contribution in [2.24, 2.45) is 0 Å². The summed E-state index contributed by atoms with van der Waals surface area (Å²) >= 11 is 8.80. The molecule has 98 valence electrons. The number of nitrogens with zero attached hydrogens (tertiary/aromatic N) is 1. The van der Waals surface area contributed by atoms with Crippen LogP contribution in [-0.2, 0) is 0 Å². The molecule has 0 saturated carbocycles. The third-order valence-electron chi connectivity index (χ3n) is 2.38. The van der Waals surface area contributed by atoms with Crippen LogP contribution in [0, 0.1) is 15.9 Å². The Morgan fingerprint density at radius 2 is 2.00 bits per heavy atom. The molecule has 2 aromatic carbocycles. The zero-order valence-electron chi connectivity index (χ0n) is 9.36. The van der Waals surface area contributed by atoms with Crippen molar-refractivity contribution in [1.82, 2.24) is 0 Å². The van der Waals surface area contributed by atoms with Crippen molar-refractivity contribution in [2.75, 3.05) is 5.32 Å². The molecule has 4 nitrogen and oxygen atoms in total. The van der Waals surface area contributed by atoms with Gasteiger partial charge in [0, 0.05) is 10.5 Å². The number of anilines is 2. The fourth-order valence-corrected chi connectivity index (χ4v) is 2.03. The van der Waals surface area contributed by atoms with Crippen molar-refractivity contribution < 1.29 is 9.31 Å². The number of benzene rings is 2. The molecular weight excluding hydrogens is 338 g/mol. The van der Waals surface area contributed by atoms with Gasteiger partial charge in [0.2, 0.25) is 0 Å². The van der Waals surface area contributed by atoms with Gasteiger partial charge in [-0.25, -0.2) is 4.39 Å². The molecule has 0 bridgehead atoms. The number of nitro groups is 1. The van der Waals surface area contributed by atoms with E-state index in [2.05, 4.69) is 21.2 Å². The Labute approximate surface area is 121 Å². The quantitative estimate of drug-likeness (QED) is 0.636. The number of hydrogen-bond acceptors (Lipinski definition) is 3. The van der Waals surface area contributed by atoms with E-state index in [1.807, 2.05) is 0 Å². The molecule has 0 aliphatic heterocycles. The zero-order chi connectivity index (χ0) is 14.0. The molecule has 0 aliphatic rings. The van der Waals surface area contributed by atoms with Crippen LogP contribution in [0.3, 0.4) is 0 Å². The molecule has 0 radical (unpaired) electrons. The average Bonchev–Trinajstić information content (AvgIpc) is 2.36. The van der Waals surface area contributed by atoms with E-state index >= 15 is 0 Å². The zero-order valence-corrected chi connectivity index (χ0v) is 11.7. The first-order valence-corrected chi connectivity index (χ1v) is 6.31. The lowest BCUT2D eigenvalue weighted by molar-refractivity contribution is -0.384. The molecule has 0 saturated heterocycles. The molecule has 7 heteroatoms. The summed E-state index contributed by atoms with van der Waals surface area (Å²) in [6.45, 7) is 0. The highest BCUT2D eigenvalue weighted by Gasteiger charge is 2.16. The van der Waals surface area contributed by atoms with E-state index in [4.69, 9.17) is 11.6 Å². The summed E-state index contributed by atoms with van der Waals surface area (Å²) in [5.74, 6) is -0.651.